The summed E-state index contributed by atoms with van der Waals surface area (Å²) in [6.07, 6.45) is 6.92. The van der Waals surface area contributed by atoms with E-state index in [4.69, 9.17) is 27.8 Å². The average molecular weight is 512 g/mol. The standard InChI is InChI=1S/C27H34ClN5O3/c1-32-24(20(28)21(31-32)23(29)34)33(14-26(7-8-26)18-3-5-19(36-2)6-4-18)22-16-9-15-10-17(22)13-27(11-15,12-16)25(30)35/h3-6,15-17,22H,7-14H2,1-2H3,(H2,29,34)(H2,30,35). The molecule has 0 saturated heterocycles. The van der Waals surface area contributed by atoms with Gasteiger partial charge in [-0.3, -0.25) is 14.3 Å². The lowest BCUT2D eigenvalue weighted by Gasteiger charge is -2.61. The van der Waals surface area contributed by atoms with Gasteiger partial charge in [0.2, 0.25) is 5.91 Å². The van der Waals surface area contributed by atoms with Crippen molar-refractivity contribution in [1.82, 2.24) is 9.78 Å². The van der Waals surface area contributed by atoms with E-state index in [1.165, 1.54) is 5.56 Å². The number of ether oxygens (including phenoxy) is 1. The molecule has 9 heteroatoms. The topological polar surface area (TPSA) is 116 Å². The van der Waals surface area contributed by atoms with Crippen LogP contribution in [0.2, 0.25) is 5.02 Å². The molecular weight excluding hydrogens is 478 g/mol. The lowest BCUT2D eigenvalue weighted by molar-refractivity contribution is -0.144. The highest BCUT2D eigenvalue weighted by molar-refractivity contribution is 6.36. The van der Waals surface area contributed by atoms with Crippen LogP contribution in [0.25, 0.3) is 0 Å². The lowest BCUT2D eigenvalue weighted by atomic mass is 9.47. The molecule has 5 aliphatic rings. The minimum atomic E-state index is -0.629. The molecule has 2 aromatic rings. The zero-order chi connectivity index (χ0) is 25.4. The van der Waals surface area contributed by atoms with E-state index in [0.29, 0.717) is 22.8 Å². The van der Waals surface area contributed by atoms with Crippen molar-refractivity contribution in [2.45, 2.75) is 56.4 Å². The Kier molecular flexibility index (Phi) is 5.34. The number of methoxy groups -OCH3 is 1. The van der Waals surface area contributed by atoms with Crippen molar-refractivity contribution in [3.8, 4) is 5.75 Å². The van der Waals surface area contributed by atoms with Crippen molar-refractivity contribution in [1.29, 1.82) is 0 Å². The Morgan fingerprint density at radius 1 is 1.14 bits per heavy atom. The third-order valence-electron chi connectivity index (χ3n) is 9.60. The van der Waals surface area contributed by atoms with Crippen molar-refractivity contribution >= 4 is 29.2 Å². The first-order valence-corrected chi connectivity index (χ1v) is 13.3. The van der Waals surface area contributed by atoms with Gasteiger partial charge in [-0.1, -0.05) is 23.7 Å². The van der Waals surface area contributed by atoms with Crippen molar-refractivity contribution < 1.29 is 14.3 Å². The molecule has 8 nitrogen and oxygen atoms in total. The Balaban J connectivity index is 1.41. The fourth-order valence-electron chi connectivity index (χ4n) is 8.05. The van der Waals surface area contributed by atoms with Crippen LogP contribution in [0.1, 0.15) is 61.0 Å². The van der Waals surface area contributed by atoms with Gasteiger partial charge in [0.15, 0.2) is 5.69 Å². The number of anilines is 1. The molecule has 7 rings (SSSR count). The number of primary amides is 2. The van der Waals surface area contributed by atoms with Crippen LogP contribution in [0.3, 0.4) is 0 Å². The minimum Gasteiger partial charge on any atom is -0.497 e. The number of amides is 2. The van der Waals surface area contributed by atoms with Gasteiger partial charge in [0, 0.05) is 30.5 Å². The van der Waals surface area contributed by atoms with Crippen LogP contribution in [-0.4, -0.2) is 41.3 Å². The number of hydrogen-bond donors (Lipinski definition) is 2. The molecule has 2 amide bonds. The van der Waals surface area contributed by atoms with Crippen LogP contribution in [0.4, 0.5) is 5.82 Å². The Hall–Kier alpha value is -2.74. The fourth-order valence-corrected chi connectivity index (χ4v) is 8.41. The number of aromatic nitrogens is 2. The van der Waals surface area contributed by atoms with Crippen LogP contribution in [-0.2, 0) is 17.3 Å². The maximum Gasteiger partial charge on any atom is 0.270 e. The first-order chi connectivity index (χ1) is 17.2. The molecule has 1 aromatic heterocycles. The number of aryl methyl sites for hydroxylation is 1. The zero-order valence-corrected chi connectivity index (χ0v) is 21.6. The summed E-state index contributed by atoms with van der Waals surface area (Å²) < 4.78 is 7.09. The Labute approximate surface area is 216 Å². The van der Waals surface area contributed by atoms with Gasteiger partial charge in [-0.05, 0) is 80.4 Å². The predicted molar refractivity (Wildman–Crippen MR) is 137 cm³/mol. The molecule has 5 aliphatic carbocycles. The smallest absolute Gasteiger partial charge is 0.270 e. The molecule has 1 aromatic carbocycles. The van der Waals surface area contributed by atoms with Crippen molar-refractivity contribution in [3.63, 3.8) is 0 Å². The third-order valence-corrected chi connectivity index (χ3v) is 9.95. The molecule has 0 spiro atoms. The summed E-state index contributed by atoms with van der Waals surface area (Å²) >= 11 is 6.83. The van der Waals surface area contributed by atoms with Crippen molar-refractivity contribution in [3.05, 3.63) is 40.5 Å². The van der Waals surface area contributed by atoms with Crippen LogP contribution in [0, 0.1) is 23.2 Å². The second kappa shape index (κ2) is 8.13. The highest BCUT2D eigenvalue weighted by atomic mass is 35.5. The molecule has 0 radical (unpaired) electrons. The average Bonchev–Trinajstić information content (AvgIpc) is 3.55. The second-order valence-corrected chi connectivity index (χ2v) is 12.1. The van der Waals surface area contributed by atoms with Crippen LogP contribution < -0.4 is 21.1 Å². The second-order valence-electron chi connectivity index (χ2n) is 11.7. The normalized spacial score (nSPS) is 31.3. The van der Waals surface area contributed by atoms with Gasteiger partial charge >= 0.3 is 0 Å². The fraction of sp³-hybridized carbons (Fsp3) is 0.593. The molecule has 5 fully saturated rings. The minimum absolute atomic E-state index is 0.0111. The van der Waals surface area contributed by atoms with Gasteiger partial charge in [-0.2, -0.15) is 5.10 Å². The number of nitrogens with zero attached hydrogens (tertiary/aromatic N) is 3. The van der Waals surface area contributed by atoms with Crippen LogP contribution >= 0.6 is 11.6 Å². The summed E-state index contributed by atoms with van der Waals surface area (Å²) in [5.41, 5.74) is 12.6. The van der Waals surface area contributed by atoms with Gasteiger partial charge in [0.25, 0.3) is 5.91 Å². The number of carbonyl (C=O) groups is 2. The molecule has 5 saturated carbocycles. The van der Waals surface area contributed by atoms with Crippen molar-refractivity contribution in [2.75, 3.05) is 18.6 Å². The van der Waals surface area contributed by atoms with E-state index < -0.39 is 5.91 Å². The van der Waals surface area contributed by atoms with E-state index in [1.807, 2.05) is 19.2 Å². The Morgan fingerprint density at radius 3 is 2.28 bits per heavy atom. The highest BCUT2D eigenvalue weighted by Crippen LogP contribution is 2.62. The lowest BCUT2D eigenvalue weighted by Crippen LogP contribution is -2.63. The quantitative estimate of drug-likeness (QED) is 0.563. The molecule has 4 bridgehead atoms. The van der Waals surface area contributed by atoms with Gasteiger partial charge in [-0.25, -0.2) is 0 Å². The molecule has 2 atom stereocenters. The largest absolute Gasteiger partial charge is 0.497 e. The molecule has 2 unspecified atom stereocenters. The zero-order valence-electron chi connectivity index (χ0n) is 20.9. The SMILES string of the molecule is COc1ccc(C2(CN(c3c(Cl)c(C(N)=O)nn3C)C3C4CC5CC3CC(C(N)=O)(C5)C4)CC2)cc1. The van der Waals surface area contributed by atoms with Crippen LogP contribution in [0.5, 0.6) is 5.75 Å². The highest BCUT2D eigenvalue weighted by Gasteiger charge is 2.60. The van der Waals surface area contributed by atoms with Gasteiger partial charge in [0.1, 0.15) is 16.6 Å². The van der Waals surface area contributed by atoms with Crippen LogP contribution in [0.15, 0.2) is 24.3 Å². The maximum atomic E-state index is 12.6. The van der Waals surface area contributed by atoms with E-state index in [1.54, 1.807) is 11.8 Å². The van der Waals surface area contributed by atoms with Gasteiger partial charge in [0.05, 0.1) is 7.11 Å². The molecule has 4 N–H and O–H groups in total. The third kappa shape index (κ3) is 3.51. The van der Waals surface area contributed by atoms with Gasteiger partial charge in [-0.15, -0.1) is 0 Å². The van der Waals surface area contributed by atoms with Gasteiger partial charge < -0.3 is 21.1 Å². The van der Waals surface area contributed by atoms with E-state index in [-0.39, 0.29) is 28.5 Å². The number of carbonyl (C=O) groups excluding carboxylic acids is 2. The Morgan fingerprint density at radius 2 is 1.78 bits per heavy atom. The summed E-state index contributed by atoms with van der Waals surface area (Å²) in [7, 11) is 3.50. The maximum absolute atomic E-state index is 12.6. The first kappa shape index (κ1) is 23.6. The number of halogens is 1. The molecule has 192 valence electrons. The molecule has 36 heavy (non-hydrogen) atoms. The number of rotatable bonds is 8. The summed E-state index contributed by atoms with van der Waals surface area (Å²) in [4.78, 5) is 27.1. The molecular formula is C27H34ClN5O3. The monoisotopic (exact) mass is 511 g/mol. The van der Waals surface area contributed by atoms with E-state index in [0.717, 1.165) is 63.1 Å². The number of hydrogen-bond acceptors (Lipinski definition) is 5. The van der Waals surface area contributed by atoms with Crippen molar-refractivity contribution in [2.24, 2.45) is 41.7 Å². The summed E-state index contributed by atoms with van der Waals surface area (Å²) in [6.45, 7) is 0.767. The molecule has 0 aliphatic heterocycles. The summed E-state index contributed by atoms with van der Waals surface area (Å²) in [6, 6.07) is 8.55. The summed E-state index contributed by atoms with van der Waals surface area (Å²) in [5.74, 6) is 2.06. The van der Waals surface area contributed by atoms with E-state index >= 15 is 0 Å². The number of nitrogens with two attached hydrogens (primary N) is 2. The van der Waals surface area contributed by atoms with E-state index in [9.17, 15) is 9.59 Å². The molecule has 1 heterocycles. The predicted octanol–water partition coefficient (Wildman–Crippen LogP) is 3.40. The first-order valence-electron chi connectivity index (χ1n) is 12.9. The number of benzene rings is 1. The summed E-state index contributed by atoms with van der Waals surface area (Å²) in [5, 5.41) is 4.72. The van der Waals surface area contributed by atoms with E-state index in [2.05, 4.69) is 22.1 Å². The Bertz CT molecular complexity index is 1200.